The lowest BCUT2D eigenvalue weighted by molar-refractivity contribution is -0.141. The Morgan fingerprint density at radius 2 is 0.876 bits per heavy atom. The van der Waals surface area contributed by atoms with Gasteiger partial charge in [0.25, 0.3) is 0 Å². The quantitative estimate of drug-likeness (QED) is 0.0272. The summed E-state index contributed by atoms with van der Waals surface area (Å²) in [6.45, 7) is 26.0. The molecule has 4 atom stereocenters. The molecular weight excluding hydrogens is 1150 g/mol. The van der Waals surface area contributed by atoms with E-state index in [4.69, 9.17) is 62.3 Å². The number of nitrogens with two attached hydrogens (primary N) is 1. The van der Waals surface area contributed by atoms with Crippen molar-refractivity contribution in [3.8, 4) is 45.8 Å². The van der Waals surface area contributed by atoms with Crippen molar-refractivity contribution in [3.63, 3.8) is 0 Å². The monoisotopic (exact) mass is 1250 g/mol. The maximum Gasteiger partial charge on any atom is 0.408 e. The van der Waals surface area contributed by atoms with Crippen LogP contribution in [-0.4, -0.2) is 140 Å². The van der Waals surface area contributed by atoms with Gasteiger partial charge in [0.2, 0.25) is 0 Å². The number of amides is 2. The molecule has 22 nitrogen and oxygen atoms in total. The van der Waals surface area contributed by atoms with E-state index in [9.17, 15) is 34.2 Å². The van der Waals surface area contributed by atoms with E-state index in [0.29, 0.717) is 92.7 Å². The number of anilines is 1. The molecule has 89 heavy (non-hydrogen) atoms. The second kappa shape index (κ2) is 39.5. The molecule has 0 saturated carbocycles. The van der Waals surface area contributed by atoms with Gasteiger partial charge in [0, 0.05) is 71.5 Å². The number of rotatable bonds is 34. The average Bonchev–Trinajstić information content (AvgIpc) is 1.12. The lowest BCUT2D eigenvalue weighted by atomic mass is 9.84. The molecule has 1 aromatic heterocycles. The van der Waals surface area contributed by atoms with Gasteiger partial charge in [-0.05, 0) is 156 Å². The fourth-order valence-electron chi connectivity index (χ4n) is 8.90. The number of nitrogens with one attached hydrogen (secondary N) is 2. The van der Waals surface area contributed by atoms with Crippen LogP contribution in [0.3, 0.4) is 0 Å². The summed E-state index contributed by atoms with van der Waals surface area (Å²) in [5, 5.41) is 24.3. The van der Waals surface area contributed by atoms with Crippen LogP contribution in [0.5, 0.6) is 34.5 Å². The van der Waals surface area contributed by atoms with Crippen LogP contribution in [0.1, 0.15) is 138 Å². The molecule has 0 saturated heterocycles. The van der Waals surface area contributed by atoms with E-state index in [-0.39, 0.29) is 48.1 Å². The van der Waals surface area contributed by atoms with Gasteiger partial charge >= 0.3 is 29.8 Å². The SMILES string of the molecule is COCCCOc1cc(-c2oc(=O)c(N)cc2C(C)C)ccc1OC.COCCCOc1cc(C[C@@H](C[C@H](NC(=O)OC(C)(C)C)C(=O)O)C(C)C)ccc1OC.COCCCOc1cc(C[C@H](C[C@@H](NC(=O)OC(C)(C)C)C(=O)O)C(C)C)ccc1OC. The molecule has 0 aliphatic heterocycles. The van der Waals surface area contributed by atoms with E-state index < -0.39 is 53.0 Å². The van der Waals surface area contributed by atoms with Crippen molar-refractivity contribution in [3.05, 3.63) is 87.8 Å². The van der Waals surface area contributed by atoms with Crippen LogP contribution >= 0.6 is 0 Å². The minimum Gasteiger partial charge on any atom is -0.493 e. The predicted octanol–water partition coefficient (Wildman–Crippen LogP) is 12.0. The van der Waals surface area contributed by atoms with Crippen molar-refractivity contribution >= 4 is 29.8 Å². The third-order valence-corrected chi connectivity index (χ3v) is 13.7. The Kier molecular flexibility index (Phi) is 34.5. The van der Waals surface area contributed by atoms with Crippen LogP contribution in [0, 0.1) is 23.7 Å². The smallest absolute Gasteiger partial charge is 0.408 e. The number of methoxy groups -OCH3 is 6. The zero-order valence-electron chi connectivity index (χ0n) is 55.9. The molecule has 0 spiro atoms. The van der Waals surface area contributed by atoms with Gasteiger partial charge in [0.15, 0.2) is 34.5 Å². The zero-order chi connectivity index (χ0) is 67.0. The highest BCUT2D eigenvalue weighted by Crippen LogP contribution is 2.37. The summed E-state index contributed by atoms with van der Waals surface area (Å²) < 4.78 is 64.7. The Labute approximate surface area is 527 Å². The van der Waals surface area contributed by atoms with E-state index in [1.165, 1.54) is 0 Å². The number of carboxylic acids is 2. The second-order valence-corrected chi connectivity index (χ2v) is 24.3. The van der Waals surface area contributed by atoms with Crippen LogP contribution in [0.15, 0.2) is 69.9 Å². The normalized spacial score (nSPS) is 12.7. The van der Waals surface area contributed by atoms with E-state index >= 15 is 0 Å². The van der Waals surface area contributed by atoms with Gasteiger partial charge in [0.1, 0.15) is 34.7 Å². The molecule has 2 amide bonds. The number of nitrogen functional groups attached to an aromatic ring is 1. The maximum absolute atomic E-state index is 12.1. The highest BCUT2D eigenvalue weighted by molar-refractivity contribution is 5.80. The lowest BCUT2D eigenvalue weighted by Gasteiger charge is -2.26. The van der Waals surface area contributed by atoms with E-state index in [1.807, 2.05) is 90.1 Å². The molecule has 6 N–H and O–H groups in total. The fraction of sp³-hybridized carbons (Fsp3) is 0.597. The van der Waals surface area contributed by atoms with Crippen molar-refractivity contribution < 1.29 is 85.9 Å². The van der Waals surface area contributed by atoms with Gasteiger partial charge in [0.05, 0.1) is 41.2 Å². The molecule has 0 fully saturated rings. The third-order valence-electron chi connectivity index (χ3n) is 13.7. The van der Waals surface area contributed by atoms with Crippen molar-refractivity contribution in [1.82, 2.24) is 10.6 Å². The summed E-state index contributed by atoms with van der Waals surface area (Å²) in [7, 11) is 9.71. The van der Waals surface area contributed by atoms with Crippen LogP contribution in [-0.2, 0) is 46.1 Å². The first-order valence-electron chi connectivity index (χ1n) is 30.2. The number of carbonyl (C=O) groups excluding carboxylic acids is 2. The molecule has 0 bridgehead atoms. The largest absolute Gasteiger partial charge is 0.493 e. The molecule has 22 heteroatoms. The molecule has 0 unspecified atom stereocenters. The third kappa shape index (κ3) is 29.6. The van der Waals surface area contributed by atoms with Crippen molar-refractivity contribution in [2.75, 3.05) is 88.0 Å². The molecule has 0 radical (unpaired) electrons. The Bertz CT molecular complexity index is 2700. The fourth-order valence-corrected chi connectivity index (χ4v) is 8.90. The molecule has 4 rings (SSSR count). The van der Waals surface area contributed by atoms with Gasteiger partial charge in [-0.15, -0.1) is 0 Å². The topological polar surface area (TPSA) is 291 Å². The summed E-state index contributed by atoms with van der Waals surface area (Å²) in [4.78, 5) is 59.7. The number of benzene rings is 3. The van der Waals surface area contributed by atoms with Crippen molar-refractivity contribution in [2.24, 2.45) is 23.7 Å². The van der Waals surface area contributed by atoms with Gasteiger partial charge in [-0.2, -0.15) is 0 Å². The standard InChI is InChI=1S/2C24H39NO7.C19H25NO5/c2*1-16(2)18(15-19(22(26)27)25-23(28)32-24(3,4)5)13-17-9-10-20(30-7)21(14-17)31-12-8-11-29-6;1-12(2)14-11-15(20)19(21)25-18(14)13-6-7-16(23-4)17(10-13)24-9-5-8-22-3/h2*9-10,14,16,18-19H,8,11-13,15H2,1-7H3,(H,25,28)(H,26,27);6-7,10-12H,5,8-9,20H2,1-4H3/t2*18-,19-;/m10./s1. The van der Waals surface area contributed by atoms with Crippen LogP contribution in [0.2, 0.25) is 0 Å². The Hall–Kier alpha value is -7.43. The summed E-state index contributed by atoms with van der Waals surface area (Å²) >= 11 is 0. The van der Waals surface area contributed by atoms with E-state index in [1.54, 1.807) is 96.3 Å². The van der Waals surface area contributed by atoms with Crippen molar-refractivity contribution in [2.45, 2.75) is 157 Å². The summed E-state index contributed by atoms with van der Waals surface area (Å²) in [6, 6.07) is 16.5. The number of hydrogen-bond donors (Lipinski definition) is 5. The number of carboxylic acid groups (broad SMARTS) is 2. The molecule has 4 aromatic rings. The van der Waals surface area contributed by atoms with Crippen LogP contribution < -0.4 is 50.4 Å². The Balaban J connectivity index is 0.000000459. The second-order valence-electron chi connectivity index (χ2n) is 24.3. The number of aliphatic carboxylic acids is 2. The highest BCUT2D eigenvalue weighted by atomic mass is 16.6. The minimum atomic E-state index is -1.08. The van der Waals surface area contributed by atoms with Gasteiger partial charge in [-0.1, -0.05) is 53.7 Å². The average molecular weight is 1250 g/mol. The van der Waals surface area contributed by atoms with E-state index in [2.05, 4.69) is 10.6 Å². The lowest BCUT2D eigenvalue weighted by Crippen LogP contribution is -2.45. The number of hydrogen-bond acceptors (Lipinski definition) is 18. The molecule has 3 aromatic carbocycles. The first kappa shape index (κ1) is 77.7. The van der Waals surface area contributed by atoms with Crippen LogP contribution in [0.4, 0.5) is 15.3 Å². The van der Waals surface area contributed by atoms with E-state index in [0.717, 1.165) is 41.5 Å². The van der Waals surface area contributed by atoms with Gasteiger partial charge in [-0.3, -0.25) is 0 Å². The molecule has 500 valence electrons. The molecular formula is C67H103N3O19. The van der Waals surface area contributed by atoms with Crippen LogP contribution in [0.25, 0.3) is 11.3 Å². The molecule has 0 aliphatic rings. The summed E-state index contributed by atoms with van der Waals surface area (Å²) in [5.74, 6) is 2.68. The Morgan fingerprint density at radius 3 is 1.19 bits per heavy atom. The van der Waals surface area contributed by atoms with Crippen molar-refractivity contribution in [1.29, 1.82) is 0 Å². The first-order valence-corrected chi connectivity index (χ1v) is 30.2. The minimum absolute atomic E-state index is 0.0146. The molecule has 1 heterocycles. The zero-order valence-corrected chi connectivity index (χ0v) is 55.9. The summed E-state index contributed by atoms with van der Waals surface area (Å²) in [5.41, 5.74) is 7.50. The number of alkyl carbamates (subject to hydrolysis) is 2. The Morgan fingerprint density at radius 1 is 0.517 bits per heavy atom. The highest BCUT2D eigenvalue weighted by Gasteiger charge is 2.31. The molecule has 0 aliphatic carbocycles. The number of ether oxygens (including phenoxy) is 11. The van der Waals surface area contributed by atoms with Gasteiger partial charge < -0.3 is 83.1 Å². The predicted molar refractivity (Wildman–Crippen MR) is 342 cm³/mol. The maximum atomic E-state index is 12.1. The first-order chi connectivity index (χ1) is 41.9. The van der Waals surface area contributed by atoms with Gasteiger partial charge in [-0.25, -0.2) is 24.0 Å². The summed E-state index contributed by atoms with van der Waals surface area (Å²) in [6.07, 6.45) is 2.64. The number of carbonyl (C=O) groups is 4.